The number of hydrogen-bond acceptors (Lipinski definition) is 8. The fourth-order valence-electron chi connectivity index (χ4n) is 7.98. The minimum atomic E-state index is -0.972. The summed E-state index contributed by atoms with van der Waals surface area (Å²) in [6.45, 7) is 5.68. The molecule has 0 radical (unpaired) electrons. The molecule has 0 aliphatic carbocycles. The summed E-state index contributed by atoms with van der Waals surface area (Å²) in [5.41, 5.74) is 14.6. The van der Waals surface area contributed by atoms with E-state index in [1.165, 1.54) is 5.56 Å². The Hall–Kier alpha value is -3.78. The van der Waals surface area contributed by atoms with Gasteiger partial charge in [-0.25, -0.2) is 0 Å². The molecular formula is C42H55N4O5+. The number of fused-ring (bicyclic) bond motifs is 4. The molecule has 2 bridgehead atoms. The van der Waals surface area contributed by atoms with Crippen LogP contribution in [0.4, 0.5) is 0 Å². The predicted octanol–water partition coefficient (Wildman–Crippen LogP) is 4.64. The fraction of sp³-hybridized carbons (Fsp3) is 0.524. The first-order valence-electron chi connectivity index (χ1n) is 19.1. The molecule has 4 aliphatic heterocycles. The number of unbranched alkanes of at least 4 members (excludes halogenated alkanes) is 4. The largest absolute Gasteiger partial charge is 0.504 e. The van der Waals surface area contributed by atoms with Gasteiger partial charge in [0.15, 0.2) is 11.5 Å². The molecule has 4 heterocycles. The van der Waals surface area contributed by atoms with Crippen molar-refractivity contribution in [3.8, 4) is 23.3 Å². The lowest BCUT2D eigenvalue weighted by molar-refractivity contribution is -0.882. The molecule has 51 heavy (non-hydrogen) atoms. The molecule has 4 aliphatic rings. The summed E-state index contributed by atoms with van der Waals surface area (Å²) in [6, 6.07) is 9.22. The number of Topliss-reactive ketones (excluding diaryl/α,β-unsaturated/α-hetero) is 1. The molecule has 0 aromatic heterocycles. The van der Waals surface area contributed by atoms with E-state index >= 15 is 0 Å². The van der Waals surface area contributed by atoms with Crippen LogP contribution in [0, 0.1) is 17.8 Å². The second kappa shape index (κ2) is 17.2. The number of phenols is 1. The maximum atomic E-state index is 13.5. The highest BCUT2D eigenvalue weighted by atomic mass is 16.5. The number of aliphatic hydroxyl groups excluding tert-OH is 2. The number of aliphatic hydroxyl groups is 2. The SMILES string of the molecule is CCCCCC(O)C(CCCCC)C(=O)CCc1ccc(O)c(OC2CC#CC(O)c3ccc4c(c3CC3=CN=C5C[NH+]2C=C35)CCNC4N)c1. The predicted molar refractivity (Wildman–Crippen MR) is 199 cm³/mol. The highest BCUT2D eigenvalue weighted by molar-refractivity contribution is 6.08. The van der Waals surface area contributed by atoms with Gasteiger partial charge in [0.1, 0.15) is 36.8 Å². The number of nitrogens with one attached hydrogen (secondary N) is 2. The van der Waals surface area contributed by atoms with Crippen molar-refractivity contribution in [3.63, 3.8) is 0 Å². The van der Waals surface area contributed by atoms with Crippen molar-refractivity contribution in [3.05, 3.63) is 81.7 Å². The van der Waals surface area contributed by atoms with Gasteiger partial charge in [-0.1, -0.05) is 82.4 Å². The van der Waals surface area contributed by atoms with Crippen LogP contribution in [0.25, 0.3) is 0 Å². The number of allylic oxidation sites excluding steroid dienone is 1. The molecule has 0 spiro atoms. The van der Waals surface area contributed by atoms with Crippen LogP contribution in [-0.2, 0) is 24.1 Å². The molecular weight excluding hydrogens is 640 g/mol. The number of aliphatic imine (C=N–C) groups is 1. The number of aromatic hydroxyl groups is 1. The van der Waals surface area contributed by atoms with E-state index in [1.807, 2.05) is 30.5 Å². The van der Waals surface area contributed by atoms with Crippen LogP contribution >= 0.6 is 0 Å². The smallest absolute Gasteiger partial charge is 0.247 e. The van der Waals surface area contributed by atoms with Gasteiger partial charge in [-0.05, 0) is 71.2 Å². The van der Waals surface area contributed by atoms with Gasteiger partial charge in [-0.15, -0.1) is 0 Å². The number of phenolic OH excluding ortho intramolecular Hbond substituents is 1. The third kappa shape index (κ3) is 8.65. The molecule has 0 amide bonds. The van der Waals surface area contributed by atoms with Gasteiger partial charge >= 0.3 is 0 Å². The van der Waals surface area contributed by atoms with Gasteiger partial charge < -0.3 is 25.8 Å². The number of aryl methyl sites for hydroxylation is 1. The maximum Gasteiger partial charge on any atom is 0.247 e. The first-order valence-corrected chi connectivity index (χ1v) is 19.1. The van der Waals surface area contributed by atoms with Gasteiger partial charge in [0.2, 0.25) is 6.23 Å². The summed E-state index contributed by atoms with van der Waals surface area (Å²) in [5.74, 6) is 6.39. The van der Waals surface area contributed by atoms with Crippen LogP contribution in [0.1, 0.15) is 118 Å². The van der Waals surface area contributed by atoms with E-state index < -0.39 is 18.4 Å². The Morgan fingerprint density at radius 2 is 1.88 bits per heavy atom. The molecule has 2 aromatic carbocycles. The van der Waals surface area contributed by atoms with E-state index in [-0.39, 0.29) is 23.6 Å². The van der Waals surface area contributed by atoms with Crippen molar-refractivity contribution in [2.24, 2.45) is 16.6 Å². The number of hydrogen-bond donors (Lipinski definition) is 6. The third-order valence-electron chi connectivity index (χ3n) is 11.0. The number of nitrogens with two attached hydrogens (primary N) is 1. The maximum absolute atomic E-state index is 13.5. The molecule has 6 unspecified atom stereocenters. The number of carbonyl (C=O) groups is 1. The van der Waals surface area contributed by atoms with Crippen LogP contribution in [0.5, 0.6) is 11.5 Å². The number of ether oxygens (including phenoxy) is 1. The summed E-state index contributed by atoms with van der Waals surface area (Å²) >= 11 is 0. The summed E-state index contributed by atoms with van der Waals surface area (Å²) in [6.07, 6.45) is 11.9. The topological polar surface area (TPSA) is 142 Å². The van der Waals surface area contributed by atoms with E-state index in [0.717, 1.165) is 102 Å². The Kier molecular flexibility index (Phi) is 12.4. The molecule has 272 valence electrons. The molecule has 9 heteroatoms. The molecule has 0 fully saturated rings. The van der Waals surface area contributed by atoms with Crippen molar-refractivity contribution in [1.29, 1.82) is 0 Å². The lowest BCUT2D eigenvalue weighted by atomic mass is 9.84. The summed E-state index contributed by atoms with van der Waals surface area (Å²) < 4.78 is 6.54. The monoisotopic (exact) mass is 695 g/mol. The average molecular weight is 696 g/mol. The van der Waals surface area contributed by atoms with E-state index in [1.54, 1.807) is 6.07 Å². The van der Waals surface area contributed by atoms with Crippen molar-refractivity contribution >= 4 is 11.5 Å². The third-order valence-corrected chi connectivity index (χ3v) is 11.0. The normalized spacial score (nSPS) is 23.3. The lowest BCUT2D eigenvalue weighted by Gasteiger charge is -2.28. The zero-order valence-electron chi connectivity index (χ0n) is 30.2. The number of nitrogens with zero attached hydrogens (tertiary/aromatic N) is 1. The van der Waals surface area contributed by atoms with E-state index in [4.69, 9.17) is 15.5 Å². The van der Waals surface area contributed by atoms with Gasteiger partial charge in [-0.2, -0.15) is 0 Å². The minimum absolute atomic E-state index is 0.0174. The quantitative estimate of drug-likeness (QED) is 0.118. The number of benzene rings is 2. The molecule has 6 rings (SSSR count). The van der Waals surface area contributed by atoms with Gasteiger partial charge in [0, 0.05) is 31.5 Å². The van der Waals surface area contributed by atoms with Gasteiger partial charge in [0.25, 0.3) is 0 Å². The molecule has 0 saturated carbocycles. The lowest BCUT2D eigenvalue weighted by Crippen LogP contribution is -3.12. The Morgan fingerprint density at radius 3 is 2.69 bits per heavy atom. The Morgan fingerprint density at radius 1 is 1.10 bits per heavy atom. The summed E-state index contributed by atoms with van der Waals surface area (Å²) in [4.78, 5) is 19.3. The summed E-state index contributed by atoms with van der Waals surface area (Å²) in [7, 11) is 0. The van der Waals surface area contributed by atoms with Crippen LogP contribution in [0.3, 0.4) is 0 Å². The van der Waals surface area contributed by atoms with E-state index in [2.05, 4.69) is 37.2 Å². The Bertz CT molecular complexity index is 1740. The minimum Gasteiger partial charge on any atom is -0.504 e. The fourth-order valence-corrected chi connectivity index (χ4v) is 7.98. The second-order valence-corrected chi connectivity index (χ2v) is 14.6. The first-order chi connectivity index (χ1) is 24.8. The number of carbonyl (C=O) groups excluding carboxylic acids is 1. The molecule has 6 atom stereocenters. The standard InChI is InChI=1S/C42H54N4O5/c1-3-5-7-10-32(37(48)11-8-6-4-2)38(49)18-14-27-15-19-39(50)40(22-27)51-41-13-9-12-36(47)30-16-17-31-29(20-21-44-42(31)43)33(30)23-28-24-45-35-26-46(41)25-34(28)35/h15-17,19,22,24-25,32,36-37,41-42,44,47-48,50H,3-8,10-11,13-14,18,20-21,23,26,43H2,1-2H3/p+1. The molecule has 9 nitrogen and oxygen atoms in total. The van der Waals surface area contributed by atoms with Crippen molar-refractivity contribution in [1.82, 2.24) is 5.32 Å². The van der Waals surface area contributed by atoms with Crippen LogP contribution in [-0.4, -0.2) is 52.2 Å². The van der Waals surface area contributed by atoms with Gasteiger partial charge in [0.05, 0.1) is 17.8 Å². The van der Waals surface area contributed by atoms with Crippen LogP contribution in [0.2, 0.25) is 0 Å². The molecule has 0 saturated heterocycles. The first kappa shape index (κ1) is 37.0. The van der Waals surface area contributed by atoms with Crippen LogP contribution in [0.15, 0.2) is 58.9 Å². The van der Waals surface area contributed by atoms with Crippen molar-refractivity contribution in [2.75, 3.05) is 13.1 Å². The van der Waals surface area contributed by atoms with Crippen LogP contribution < -0.4 is 20.7 Å². The highest BCUT2D eigenvalue weighted by Crippen LogP contribution is 2.35. The van der Waals surface area contributed by atoms with E-state index in [9.17, 15) is 20.1 Å². The van der Waals surface area contributed by atoms with Crippen molar-refractivity contribution < 1.29 is 29.8 Å². The van der Waals surface area contributed by atoms with E-state index in [0.29, 0.717) is 44.4 Å². The Balaban J connectivity index is 1.19. The average Bonchev–Trinajstić information content (AvgIpc) is 3.71. The highest BCUT2D eigenvalue weighted by Gasteiger charge is 2.37. The number of rotatable bonds is 15. The number of quaternary nitrogens is 1. The number of ketones is 1. The van der Waals surface area contributed by atoms with Crippen molar-refractivity contribution in [2.45, 2.75) is 122 Å². The molecule has 2 aromatic rings. The zero-order chi connectivity index (χ0) is 35.9. The zero-order valence-corrected chi connectivity index (χ0v) is 30.2. The molecule has 7 N–H and O–H groups in total. The van der Waals surface area contributed by atoms with Gasteiger partial charge in [-0.3, -0.25) is 20.0 Å². The summed E-state index contributed by atoms with van der Waals surface area (Å²) in [5, 5.41) is 36.6. The Labute approximate surface area is 302 Å². The second-order valence-electron chi connectivity index (χ2n) is 14.6.